The van der Waals surface area contributed by atoms with Crippen molar-refractivity contribution in [3.8, 4) is 6.07 Å². The molecule has 4 nitrogen and oxygen atoms in total. The van der Waals surface area contributed by atoms with Crippen molar-refractivity contribution in [3.05, 3.63) is 0 Å². The van der Waals surface area contributed by atoms with E-state index in [-0.39, 0.29) is 17.4 Å². The predicted octanol–water partition coefficient (Wildman–Crippen LogP) is 1.18. The Morgan fingerprint density at radius 2 is 2.38 bits per heavy atom. The molecule has 0 aromatic carbocycles. The molecule has 1 aliphatic rings. The molecule has 1 heterocycles. The zero-order valence-electron chi connectivity index (χ0n) is 10.2. The summed E-state index contributed by atoms with van der Waals surface area (Å²) in [4.78, 5) is 11.5. The molecule has 1 atom stereocenters. The van der Waals surface area contributed by atoms with Crippen molar-refractivity contribution in [2.45, 2.75) is 45.6 Å². The van der Waals surface area contributed by atoms with Crippen molar-refractivity contribution in [2.24, 2.45) is 5.41 Å². The van der Waals surface area contributed by atoms with E-state index in [0.717, 1.165) is 32.4 Å². The minimum absolute atomic E-state index is 0.0462. The van der Waals surface area contributed by atoms with Crippen LogP contribution in [0, 0.1) is 16.7 Å². The van der Waals surface area contributed by atoms with E-state index in [1.165, 1.54) is 0 Å². The first kappa shape index (κ1) is 13.0. The van der Waals surface area contributed by atoms with Crippen LogP contribution in [-0.2, 0) is 4.79 Å². The van der Waals surface area contributed by atoms with E-state index >= 15 is 0 Å². The molecule has 0 radical (unpaired) electrons. The highest BCUT2D eigenvalue weighted by Gasteiger charge is 2.24. The van der Waals surface area contributed by atoms with Gasteiger partial charge in [0.15, 0.2) is 0 Å². The fourth-order valence-electron chi connectivity index (χ4n) is 1.85. The van der Waals surface area contributed by atoms with Gasteiger partial charge in [0.05, 0.1) is 12.1 Å². The standard InChI is InChI=1S/C12H21N3O/c1-12(2,6-4-7-13)9-15-10-5-3-8-14-11(10)16/h10,15H,3-6,8-9H2,1-2H3,(H,14,16). The summed E-state index contributed by atoms with van der Waals surface area (Å²) in [5, 5.41) is 14.7. The van der Waals surface area contributed by atoms with Crippen molar-refractivity contribution < 1.29 is 4.79 Å². The van der Waals surface area contributed by atoms with Gasteiger partial charge in [-0.2, -0.15) is 5.26 Å². The normalized spacial score (nSPS) is 21.3. The summed E-state index contributed by atoms with van der Waals surface area (Å²) in [6.07, 6.45) is 3.40. The molecule has 0 aliphatic carbocycles. The van der Waals surface area contributed by atoms with E-state index in [0.29, 0.717) is 6.42 Å². The molecule has 0 bridgehead atoms. The molecule has 1 amide bonds. The van der Waals surface area contributed by atoms with Gasteiger partial charge in [-0.3, -0.25) is 4.79 Å². The van der Waals surface area contributed by atoms with Crippen molar-refractivity contribution >= 4 is 5.91 Å². The Kier molecular flexibility index (Phi) is 4.75. The maximum absolute atomic E-state index is 11.5. The van der Waals surface area contributed by atoms with Crippen LogP contribution in [0.4, 0.5) is 0 Å². The second-order valence-electron chi connectivity index (χ2n) is 5.19. The number of carbonyl (C=O) groups is 1. The van der Waals surface area contributed by atoms with Crippen molar-refractivity contribution in [1.29, 1.82) is 5.26 Å². The molecule has 16 heavy (non-hydrogen) atoms. The molecule has 0 saturated carbocycles. The number of nitrogens with zero attached hydrogens (tertiary/aromatic N) is 1. The Labute approximate surface area is 97.4 Å². The van der Waals surface area contributed by atoms with Crippen LogP contribution in [0.3, 0.4) is 0 Å². The first-order valence-electron chi connectivity index (χ1n) is 5.93. The maximum atomic E-state index is 11.5. The maximum Gasteiger partial charge on any atom is 0.237 e. The Hall–Kier alpha value is -1.08. The lowest BCUT2D eigenvalue weighted by molar-refractivity contribution is -0.124. The third-order valence-corrected chi connectivity index (χ3v) is 3.03. The minimum atomic E-state index is -0.0462. The lowest BCUT2D eigenvalue weighted by Crippen LogP contribution is -2.50. The van der Waals surface area contributed by atoms with E-state index in [1.54, 1.807) is 0 Å². The van der Waals surface area contributed by atoms with Crippen LogP contribution in [0.2, 0.25) is 0 Å². The molecule has 1 rings (SSSR count). The zero-order chi connectivity index (χ0) is 12.0. The van der Waals surface area contributed by atoms with E-state index < -0.39 is 0 Å². The number of carbonyl (C=O) groups excluding carboxylic acids is 1. The SMILES string of the molecule is CC(C)(CCC#N)CNC1CCCNC1=O. The highest BCUT2D eigenvalue weighted by atomic mass is 16.2. The number of nitrogens with one attached hydrogen (secondary N) is 2. The van der Waals surface area contributed by atoms with Crippen molar-refractivity contribution in [2.75, 3.05) is 13.1 Å². The largest absolute Gasteiger partial charge is 0.355 e. The highest BCUT2D eigenvalue weighted by Crippen LogP contribution is 2.21. The quantitative estimate of drug-likeness (QED) is 0.735. The summed E-state index contributed by atoms with van der Waals surface area (Å²) < 4.78 is 0. The molecule has 1 aliphatic heterocycles. The van der Waals surface area contributed by atoms with Crippen molar-refractivity contribution in [1.82, 2.24) is 10.6 Å². The fourth-order valence-corrected chi connectivity index (χ4v) is 1.85. The molecule has 0 aromatic heterocycles. The van der Waals surface area contributed by atoms with Gasteiger partial charge in [-0.1, -0.05) is 13.8 Å². The molecular weight excluding hydrogens is 202 g/mol. The second-order valence-corrected chi connectivity index (χ2v) is 5.19. The Bertz CT molecular complexity index is 280. The van der Waals surface area contributed by atoms with Gasteiger partial charge in [0.1, 0.15) is 0 Å². The third-order valence-electron chi connectivity index (χ3n) is 3.03. The lowest BCUT2D eigenvalue weighted by atomic mass is 9.87. The van der Waals surface area contributed by atoms with E-state index in [4.69, 9.17) is 5.26 Å². The fraction of sp³-hybridized carbons (Fsp3) is 0.833. The van der Waals surface area contributed by atoms with Crippen LogP contribution in [0.25, 0.3) is 0 Å². The topological polar surface area (TPSA) is 64.9 Å². The minimum Gasteiger partial charge on any atom is -0.355 e. The van der Waals surface area contributed by atoms with E-state index in [2.05, 4.69) is 30.6 Å². The van der Waals surface area contributed by atoms with Gasteiger partial charge in [0.25, 0.3) is 0 Å². The zero-order valence-corrected chi connectivity index (χ0v) is 10.2. The average Bonchev–Trinajstić information content (AvgIpc) is 2.26. The van der Waals surface area contributed by atoms with Crippen LogP contribution >= 0.6 is 0 Å². The summed E-state index contributed by atoms with van der Waals surface area (Å²) in [6.45, 7) is 5.83. The molecule has 0 aromatic rings. The van der Waals surface area contributed by atoms with Crippen LogP contribution in [0.5, 0.6) is 0 Å². The first-order valence-corrected chi connectivity index (χ1v) is 5.93. The molecular formula is C12H21N3O. The number of hydrogen-bond acceptors (Lipinski definition) is 3. The van der Waals surface area contributed by atoms with Crippen LogP contribution in [0.15, 0.2) is 0 Å². The molecule has 1 unspecified atom stereocenters. The van der Waals surface area contributed by atoms with E-state index in [1.807, 2.05) is 0 Å². The summed E-state index contributed by atoms with van der Waals surface area (Å²) in [7, 11) is 0. The molecule has 0 spiro atoms. The van der Waals surface area contributed by atoms with Gasteiger partial charge >= 0.3 is 0 Å². The van der Waals surface area contributed by atoms with Crippen LogP contribution in [0.1, 0.15) is 39.5 Å². The van der Waals surface area contributed by atoms with Crippen LogP contribution in [-0.4, -0.2) is 25.0 Å². The second kappa shape index (κ2) is 5.86. The number of piperidine rings is 1. The van der Waals surface area contributed by atoms with Gasteiger partial charge in [0.2, 0.25) is 5.91 Å². The lowest BCUT2D eigenvalue weighted by Gasteiger charge is -2.29. The summed E-state index contributed by atoms with van der Waals surface area (Å²) in [6, 6.07) is 2.12. The highest BCUT2D eigenvalue weighted by molar-refractivity contribution is 5.82. The monoisotopic (exact) mass is 223 g/mol. The Balaban J connectivity index is 2.32. The molecule has 1 saturated heterocycles. The average molecular weight is 223 g/mol. The van der Waals surface area contributed by atoms with E-state index in [9.17, 15) is 4.79 Å². The van der Waals surface area contributed by atoms with Crippen LogP contribution < -0.4 is 10.6 Å². The smallest absolute Gasteiger partial charge is 0.237 e. The summed E-state index contributed by atoms with van der Waals surface area (Å²) in [5.74, 6) is 0.113. The number of amides is 1. The van der Waals surface area contributed by atoms with Gasteiger partial charge in [0, 0.05) is 19.5 Å². The number of hydrogen-bond donors (Lipinski definition) is 2. The molecule has 4 heteroatoms. The van der Waals surface area contributed by atoms with Gasteiger partial charge in [-0.15, -0.1) is 0 Å². The summed E-state index contributed by atoms with van der Waals surface area (Å²) in [5.41, 5.74) is 0.0768. The first-order chi connectivity index (χ1) is 7.55. The number of rotatable bonds is 5. The predicted molar refractivity (Wildman–Crippen MR) is 62.7 cm³/mol. The third kappa shape index (κ3) is 4.19. The number of nitriles is 1. The molecule has 2 N–H and O–H groups in total. The van der Waals surface area contributed by atoms with Gasteiger partial charge < -0.3 is 10.6 Å². The molecule has 1 fully saturated rings. The van der Waals surface area contributed by atoms with Gasteiger partial charge in [-0.25, -0.2) is 0 Å². The van der Waals surface area contributed by atoms with Gasteiger partial charge in [-0.05, 0) is 24.7 Å². The Morgan fingerprint density at radius 1 is 1.62 bits per heavy atom. The Morgan fingerprint density at radius 3 is 3.00 bits per heavy atom. The molecule has 90 valence electrons. The summed E-state index contributed by atoms with van der Waals surface area (Å²) >= 11 is 0. The van der Waals surface area contributed by atoms with Crippen molar-refractivity contribution in [3.63, 3.8) is 0 Å².